The summed E-state index contributed by atoms with van der Waals surface area (Å²) in [5.74, 6) is -0.382. The highest BCUT2D eigenvalue weighted by molar-refractivity contribution is 7.88. The summed E-state index contributed by atoms with van der Waals surface area (Å²) in [5.41, 5.74) is 0.292. The number of amides is 1. The van der Waals surface area contributed by atoms with E-state index in [0.29, 0.717) is 10.6 Å². The van der Waals surface area contributed by atoms with Crippen LogP contribution in [-0.2, 0) is 10.0 Å². The summed E-state index contributed by atoms with van der Waals surface area (Å²) in [6.07, 6.45) is 1.05. The third kappa shape index (κ3) is 5.22. The zero-order valence-electron chi connectivity index (χ0n) is 9.54. The van der Waals surface area contributed by atoms with Crippen LogP contribution in [0.4, 0.5) is 0 Å². The monoisotopic (exact) mass is 310 g/mol. The first-order valence-corrected chi connectivity index (χ1v) is 7.62. The molecular weight excluding hydrogens is 299 g/mol. The lowest BCUT2D eigenvalue weighted by molar-refractivity contribution is 0.0954. The molecule has 5 nitrogen and oxygen atoms in total. The van der Waals surface area contributed by atoms with Gasteiger partial charge >= 0.3 is 0 Å². The van der Waals surface area contributed by atoms with Crippen LogP contribution in [0.3, 0.4) is 0 Å². The molecule has 0 radical (unpaired) electrons. The van der Waals surface area contributed by atoms with E-state index in [1.54, 1.807) is 6.07 Å². The molecule has 0 aliphatic carbocycles. The predicted molar refractivity (Wildman–Crippen MR) is 71.6 cm³/mol. The first-order chi connectivity index (χ1) is 8.29. The molecule has 1 amide bonds. The van der Waals surface area contributed by atoms with E-state index in [1.165, 1.54) is 12.1 Å². The van der Waals surface area contributed by atoms with Crippen molar-refractivity contribution in [2.24, 2.45) is 0 Å². The molecule has 2 N–H and O–H groups in total. The number of sulfonamides is 1. The van der Waals surface area contributed by atoms with Crippen LogP contribution >= 0.6 is 23.2 Å². The zero-order valence-corrected chi connectivity index (χ0v) is 11.9. The van der Waals surface area contributed by atoms with Gasteiger partial charge in [-0.1, -0.05) is 23.2 Å². The standard InChI is InChI=1S/C10H12Cl2N2O3S/c1-18(16,17)14-5-4-13-10(15)8-3-2-7(11)6-9(8)12/h2-3,6,14H,4-5H2,1H3,(H,13,15). The summed E-state index contributed by atoms with van der Waals surface area (Å²) in [6, 6.07) is 4.52. The zero-order chi connectivity index (χ0) is 13.8. The number of benzene rings is 1. The average molecular weight is 311 g/mol. The van der Waals surface area contributed by atoms with E-state index in [4.69, 9.17) is 23.2 Å². The van der Waals surface area contributed by atoms with Crippen LogP contribution in [0.25, 0.3) is 0 Å². The molecule has 0 saturated carbocycles. The molecule has 1 rings (SSSR count). The van der Waals surface area contributed by atoms with Gasteiger partial charge in [-0.05, 0) is 18.2 Å². The molecular formula is C10H12Cl2N2O3S. The third-order valence-electron chi connectivity index (χ3n) is 1.95. The van der Waals surface area contributed by atoms with Gasteiger partial charge in [0.2, 0.25) is 10.0 Å². The first-order valence-electron chi connectivity index (χ1n) is 4.97. The molecule has 0 unspecified atom stereocenters. The second-order valence-electron chi connectivity index (χ2n) is 3.55. The largest absolute Gasteiger partial charge is 0.351 e. The van der Waals surface area contributed by atoms with Gasteiger partial charge in [-0.3, -0.25) is 4.79 Å². The molecule has 0 aromatic heterocycles. The topological polar surface area (TPSA) is 75.3 Å². The summed E-state index contributed by atoms with van der Waals surface area (Å²) in [4.78, 5) is 11.7. The van der Waals surface area contributed by atoms with Crippen molar-refractivity contribution in [3.8, 4) is 0 Å². The van der Waals surface area contributed by atoms with Crippen LogP contribution < -0.4 is 10.0 Å². The lowest BCUT2D eigenvalue weighted by Crippen LogP contribution is -2.34. The fourth-order valence-corrected chi connectivity index (χ4v) is 2.15. The van der Waals surface area contributed by atoms with Crippen LogP contribution in [0.2, 0.25) is 10.0 Å². The maximum Gasteiger partial charge on any atom is 0.252 e. The Morgan fingerprint density at radius 2 is 1.94 bits per heavy atom. The smallest absolute Gasteiger partial charge is 0.252 e. The van der Waals surface area contributed by atoms with Crippen LogP contribution in [0.15, 0.2) is 18.2 Å². The first kappa shape index (κ1) is 15.2. The highest BCUT2D eigenvalue weighted by Crippen LogP contribution is 2.20. The quantitative estimate of drug-likeness (QED) is 0.804. The van der Waals surface area contributed by atoms with Gasteiger partial charge in [0, 0.05) is 18.1 Å². The minimum absolute atomic E-state index is 0.121. The Balaban J connectivity index is 2.51. The van der Waals surface area contributed by atoms with Crippen LogP contribution in [-0.4, -0.2) is 33.7 Å². The Bertz CT molecular complexity index is 546. The van der Waals surface area contributed by atoms with E-state index in [-0.39, 0.29) is 24.0 Å². The number of carbonyl (C=O) groups is 1. The fourth-order valence-electron chi connectivity index (χ4n) is 1.18. The van der Waals surface area contributed by atoms with Crippen LogP contribution in [0.1, 0.15) is 10.4 Å². The minimum Gasteiger partial charge on any atom is -0.351 e. The summed E-state index contributed by atoms with van der Waals surface area (Å²) < 4.78 is 23.8. The molecule has 0 fully saturated rings. The van der Waals surface area contributed by atoms with Crippen molar-refractivity contribution in [1.29, 1.82) is 0 Å². The van der Waals surface area contributed by atoms with Crippen LogP contribution in [0.5, 0.6) is 0 Å². The Morgan fingerprint density at radius 1 is 1.28 bits per heavy atom. The Hall–Kier alpha value is -0.820. The number of carbonyl (C=O) groups excluding carboxylic acids is 1. The van der Waals surface area contributed by atoms with Crippen molar-refractivity contribution in [3.05, 3.63) is 33.8 Å². The number of nitrogens with one attached hydrogen (secondary N) is 2. The number of hydrogen-bond acceptors (Lipinski definition) is 3. The van der Waals surface area contributed by atoms with Crippen molar-refractivity contribution in [3.63, 3.8) is 0 Å². The molecule has 1 aromatic rings. The van der Waals surface area contributed by atoms with Gasteiger partial charge in [-0.2, -0.15) is 0 Å². The molecule has 18 heavy (non-hydrogen) atoms. The Labute approximate surface area is 116 Å². The molecule has 0 saturated heterocycles. The molecule has 0 aliphatic rings. The van der Waals surface area contributed by atoms with Gasteiger partial charge in [-0.15, -0.1) is 0 Å². The molecule has 0 heterocycles. The van der Waals surface area contributed by atoms with Crippen molar-refractivity contribution in [1.82, 2.24) is 10.0 Å². The Morgan fingerprint density at radius 3 is 2.50 bits per heavy atom. The number of halogens is 2. The lowest BCUT2D eigenvalue weighted by atomic mass is 10.2. The van der Waals surface area contributed by atoms with Gasteiger partial charge in [-0.25, -0.2) is 13.1 Å². The van der Waals surface area contributed by atoms with Crippen molar-refractivity contribution in [2.45, 2.75) is 0 Å². The van der Waals surface area contributed by atoms with Gasteiger partial charge in [0.15, 0.2) is 0 Å². The van der Waals surface area contributed by atoms with E-state index < -0.39 is 10.0 Å². The van der Waals surface area contributed by atoms with E-state index in [2.05, 4.69) is 10.0 Å². The van der Waals surface area contributed by atoms with Crippen LogP contribution in [0, 0.1) is 0 Å². The summed E-state index contributed by atoms with van der Waals surface area (Å²) >= 11 is 11.6. The molecule has 1 aromatic carbocycles. The maximum atomic E-state index is 11.7. The van der Waals surface area contributed by atoms with E-state index in [1.807, 2.05) is 0 Å². The molecule has 0 spiro atoms. The molecule has 100 valence electrons. The predicted octanol–water partition coefficient (Wildman–Crippen LogP) is 1.27. The van der Waals surface area contributed by atoms with E-state index in [0.717, 1.165) is 6.26 Å². The minimum atomic E-state index is -3.25. The molecule has 0 aliphatic heterocycles. The van der Waals surface area contributed by atoms with E-state index in [9.17, 15) is 13.2 Å². The van der Waals surface area contributed by atoms with E-state index >= 15 is 0 Å². The van der Waals surface area contributed by atoms with Crippen molar-refractivity contribution in [2.75, 3.05) is 19.3 Å². The fraction of sp³-hybridized carbons (Fsp3) is 0.300. The molecule has 0 atom stereocenters. The number of hydrogen-bond donors (Lipinski definition) is 2. The van der Waals surface area contributed by atoms with Gasteiger partial charge < -0.3 is 5.32 Å². The third-order valence-corrected chi connectivity index (χ3v) is 3.23. The second kappa shape index (κ2) is 6.38. The maximum absolute atomic E-state index is 11.7. The normalized spacial score (nSPS) is 11.3. The number of rotatable bonds is 5. The summed E-state index contributed by atoms with van der Waals surface area (Å²) in [6.45, 7) is 0.292. The van der Waals surface area contributed by atoms with Crippen molar-refractivity contribution >= 4 is 39.1 Å². The highest BCUT2D eigenvalue weighted by Gasteiger charge is 2.10. The summed E-state index contributed by atoms with van der Waals surface area (Å²) in [5, 5.41) is 3.22. The highest BCUT2D eigenvalue weighted by atomic mass is 35.5. The van der Waals surface area contributed by atoms with Crippen molar-refractivity contribution < 1.29 is 13.2 Å². The second-order valence-corrected chi connectivity index (χ2v) is 6.22. The Kier molecular flexibility index (Phi) is 5.40. The average Bonchev–Trinajstić information content (AvgIpc) is 2.22. The van der Waals surface area contributed by atoms with Gasteiger partial charge in [0.1, 0.15) is 0 Å². The summed E-state index contributed by atoms with van der Waals surface area (Å²) in [7, 11) is -3.25. The lowest BCUT2D eigenvalue weighted by Gasteiger charge is -2.07. The SMILES string of the molecule is CS(=O)(=O)NCCNC(=O)c1ccc(Cl)cc1Cl. The van der Waals surface area contributed by atoms with Gasteiger partial charge in [0.05, 0.1) is 16.8 Å². The molecule has 8 heteroatoms. The van der Waals surface area contributed by atoms with Gasteiger partial charge in [0.25, 0.3) is 5.91 Å². The molecule has 0 bridgehead atoms.